The molecule has 0 N–H and O–H groups in total. The second-order valence-corrected chi connectivity index (χ2v) is 8.24. The molecule has 0 unspecified atom stereocenters. The maximum Gasteiger partial charge on any atom is 0.280 e. The number of benzene rings is 2. The van der Waals surface area contributed by atoms with E-state index in [2.05, 4.69) is 43.8 Å². The summed E-state index contributed by atoms with van der Waals surface area (Å²) in [7, 11) is 0. The molecule has 0 atom stereocenters. The smallest absolute Gasteiger partial charge is 0.280 e. The topological polar surface area (TPSA) is 34.4 Å². The average molecular weight is 381 g/mol. The van der Waals surface area contributed by atoms with Crippen LogP contribution in [0.3, 0.4) is 0 Å². The van der Waals surface area contributed by atoms with Gasteiger partial charge in [0.1, 0.15) is 0 Å². The van der Waals surface area contributed by atoms with Gasteiger partial charge >= 0.3 is 0 Å². The van der Waals surface area contributed by atoms with Gasteiger partial charge in [-0.05, 0) is 55.0 Å². The van der Waals surface area contributed by atoms with Crippen LogP contribution < -0.4 is 4.80 Å². The van der Waals surface area contributed by atoms with Crippen LogP contribution in [0.25, 0.3) is 10.2 Å². The van der Waals surface area contributed by atoms with Gasteiger partial charge in [0.15, 0.2) is 4.80 Å². The first-order chi connectivity index (χ1) is 12.5. The molecule has 132 valence electrons. The summed E-state index contributed by atoms with van der Waals surface area (Å²) >= 11 is 3.15. The summed E-state index contributed by atoms with van der Waals surface area (Å²) in [6.45, 7) is 6.62. The number of hydrogen-bond donors (Lipinski definition) is 0. The van der Waals surface area contributed by atoms with Crippen LogP contribution >= 0.6 is 23.1 Å². The zero-order chi connectivity index (χ0) is 18.7. The number of thioether (sulfide) groups is 1. The number of amides is 1. The third-order valence-electron chi connectivity index (χ3n) is 4.16. The highest BCUT2D eigenvalue weighted by atomic mass is 32.2. The van der Waals surface area contributed by atoms with Crippen LogP contribution in [0.5, 0.6) is 0 Å². The van der Waals surface area contributed by atoms with Gasteiger partial charge in [-0.3, -0.25) is 4.79 Å². The monoisotopic (exact) mass is 380 g/mol. The average Bonchev–Trinajstić information content (AvgIpc) is 2.93. The fourth-order valence-corrected chi connectivity index (χ4v) is 4.63. The Balaban J connectivity index is 2.17. The summed E-state index contributed by atoms with van der Waals surface area (Å²) in [6, 6.07) is 11.9. The quantitative estimate of drug-likeness (QED) is 0.481. The van der Waals surface area contributed by atoms with Crippen LogP contribution in [0.1, 0.15) is 28.4 Å². The summed E-state index contributed by atoms with van der Waals surface area (Å²) in [6.07, 6.45) is 5.56. The molecule has 1 amide bonds. The number of aromatic nitrogens is 1. The lowest BCUT2D eigenvalue weighted by Crippen LogP contribution is -2.16. The minimum absolute atomic E-state index is 0.229. The molecule has 3 aromatic rings. The van der Waals surface area contributed by atoms with E-state index in [0.717, 1.165) is 20.9 Å². The zero-order valence-electron chi connectivity index (χ0n) is 15.1. The highest BCUT2D eigenvalue weighted by Gasteiger charge is 2.13. The Bertz CT molecular complexity index is 1080. The number of thiazole rings is 1. The van der Waals surface area contributed by atoms with Gasteiger partial charge in [-0.1, -0.05) is 36.3 Å². The minimum atomic E-state index is -0.229. The van der Waals surface area contributed by atoms with Crippen LogP contribution in [0.15, 0.2) is 46.3 Å². The van der Waals surface area contributed by atoms with E-state index in [1.807, 2.05) is 28.8 Å². The normalized spacial score (nSPS) is 11.7. The highest BCUT2D eigenvalue weighted by Crippen LogP contribution is 2.24. The molecule has 1 heterocycles. The van der Waals surface area contributed by atoms with Crippen molar-refractivity contribution < 1.29 is 4.79 Å². The summed E-state index contributed by atoms with van der Waals surface area (Å²) in [5.74, 6) is 3.35. The molecule has 0 saturated heterocycles. The van der Waals surface area contributed by atoms with Crippen LogP contribution in [-0.2, 0) is 6.54 Å². The van der Waals surface area contributed by atoms with Gasteiger partial charge < -0.3 is 4.57 Å². The van der Waals surface area contributed by atoms with Gasteiger partial charge in [0.05, 0.1) is 22.3 Å². The fraction of sp³-hybridized carbons (Fsp3) is 0.238. The lowest BCUT2D eigenvalue weighted by Gasteiger charge is -2.05. The number of fused-ring (bicyclic) bond motifs is 1. The van der Waals surface area contributed by atoms with Gasteiger partial charge in [0, 0.05) is 4.90 Å². The van der Waals surface area contributed by atoms with Gasteiger partial charge in [0.2, 0.25) is 0 Å². The first kappa shape index (κ1) is 18.5. The van der Waals surface area contributed by atoms with Crippen LogP contribution in [0.4, 0.5) is 0 Å². The molecule has 1 aromatic heterocycles. The van der Waals surface area contributed by atoms with Crippen molar-refractivity contribution in [2.45, 2.75) is 32.2 Å². The lowest BCUT2D eigenvalue weighted by atomic mass is 10.1. The molecule has 0 aliphatic rings. The molecule has 0 radical (unpaired) electrons. The van der Waals surface area contributed by atoms with Crippen molar-refractivity contribution >= 4 is 39.2 Å². The largest absolute Gasteiger partial charge is 0.305 e. The molecular formula is C21H20N2OS2. The van der Waals surface area contributed by atoms with Gasteiger partial charge in [-0.25, -0.2) is 0 Å². The Hall–Kier alpha value is -2.29. The molecule has 0 spiro atoms. The second kappa shape index (κ2) is 7.94. The third kappa shape index (κ3) is 3.62. The molecule has 0 aliphatic heterocycles. The van der Waals surface area contributed by atoms with Crippen molar-refractivity contribution in [2.24, 2.45) is 4.99 Å². The first-order valence-electron chi connectivity index (χ1n) is 8.40. The molecule has 26 heavy (non-hydrogen) atoms. The number of rotatable bonds is 4. The van der Waals surface area contributed by atoms with Gasteiger partial charge in [-0.2, -0.15) is 4.99 Å². The zero-order valence-corrected chi connectivity index (χ0v) is 16.7. The predicted molar refractivity (Wildman–Crippen MR) is 111 cm³/mol. The van der Waals surface area contributed by atoms with Crippen molar-refractivity contribution in [2.75, 3.05) is 5.75 Å². The van der Waals surface area contributed by atoms with Crippen molar-refractivity contribution in [3.05, 3.63) is 57.9 Å². The Labute approximate surface area is 161 Å². The number of terminal acetylenes is 1. The Morgan fingerprint density at radius 3 is 2.73 bits per heavy atom. The van der Waals surface area contributed by atoms with Crippen molar-refractivity contribution in [3.8, 4) is 12.3 Å². The molecule has 0 saturated carbocycles. The lowest BCUT2D eigenvalue weighted by molar-refractivity contribution is 0.0995. The SMILES string of the molecule is C#CCn1c(=NC(=O)c2ccccc2SCC)sc2cc(C)c(C)cc21. The molecular weight excluding hydrogens is 360 g/mol. The maximum atomic E-state index is 12.8. The third-order valence-corrected chi connectivity index (χ3v) is 6.16. The number of carbonyl (C=O) groups excluding carboxylic acids is 1. The minimum Gasteiger partial charge on any atom is -0.305 e. The summed E-state index contributed by atoms with van der Waals surface area (Å²) in [5, 5.41) is 0. The molecule has 3 rings (SSSR count). The molecule has 5 heteroatoms. The summed E-state index contributed by atoms with van der Waals surface area (Å²) in [4.78, 5) is 18.9. The van der Waals surface area contributed by atoms with Gasteiger partial charge in [-0.15, -0.1) is 18.2 Å². The standard InChI is InChI=1S/C21H20N2OS2/c1-5-11-23-17-12-14(3)15(4)13-19(17)26-21(23)22-20(24)16-9-7-8-10-18(16)25-6-2/h1,7-10,12-13H,6,11H2,2-4H3. The maximum absolute atomic E-state index is 12.8. The van der Waals surface area contributed by atoms with Crippen molar-refractivity contribution in [3.63, 3.8) is 0 Å². The number of carbonyl (C=O) groups is 1. The van der Waals surface area contributed by atoms with Crippen LogP contribution in [-0.4, -0.2) is 16.2 Å². The van der Waals surface area contributed by atoms with E-state index in [0.29, 0.717) is 16.9 Å². The second-order valence-electron chi connectivity index (χ2n) is 5.93. The fourth-order valence-electron chi connectivity index (χ4n) is 2.72. The van der Waals surface area contributed by atoms with E-state index >= 15 is 0 Å². The predicted octanol–water partition coefficient (Wildman–Crippen LogP) is 4.81. The van der Waals surface area contributed by atoms with E-state index in [-0.39, 0.29) is 5.91 Å². The Kier molecular flexibility index (Phi) is 5.65. The number of aryl methyl sites for hydroxylation is 2. The Morgan fingerprint density at radius 1 is 1.27 bits per heavy atom. The van der Waals surface area contributed by atoms with E-state index in [1.165, 1.54) is 22.5 Å². The Morgan fingerprint density at radius 2 is 2.00 bits per heavy atom. The first-order valence-corrected chi connectivity index (χ1v) is 10.2. The van der Waals surface area contributed by atoms with E-state index in [1.54, 1.807) is 11.8 Å². The van der Waals surface area contributed by atoms with Gasteiger partial charge in [0.25, 0.3) is 5.91 Å². The number of hydrogen-bond acceptors (Lipinski definition) is 3. The molecule has 0 fully saturated rings. The van der Waals surface area contributed by atoms with E-state index < -0.39 is 0 Å². The number of nitrogens with zero attached hydrogens (tertiary/aromatic N) is 2. The van der Waals surface area contributed by atoms with Crippen molar-refractivity contribution in [1.29, 1.82) is 0 Å². The molecule has 2 aromatic carbocycles. The molecule has 0 aliphatic carbocycles. The van der Waals surface area contributed by atoms with Crippen LogP contribution in [0.2, 0.25) is 0 Å². The summed E-state index contributed by atoms with van der Waals surface area (Å²) < 4.78 is 3.03. The van der Waals surface area contributed by atoms with E-state index in [4.69, 9.17) is 6.42 Å². The molecule has 0 bridgehead atoms. The van der Waals surface area contributed by atoms with Crippen molar-refractivity contribution in [1.82, 2.24) is 4.57 Å². The highest BCUT2D eigenvalue weighted by molar-refractivity contribution is 7.99. The van der Waals surface area contributed by atoms with E-state index in [9.17, 15) is 4.79 Å². The summed E-state index contributed by atoms with van der Waals surface area (Å²) in [5.41, 5.74) is 4.08. The molecule has 3 nitrogen and oxygen atoms in total. The van der Waals surface area contributed by atoms with Crippen LogP contribution in [0, 0.1) is 26.2 Å².